The molecule has 1 aromatic heterocycles. The highest BCUT2D eigenvalue weighted by Crippen LogP contribution is 2.12. The topological polar surface area (TPSA) is 80.6 Å². The summed E-state index contributed by atoms with van der Waals surface area (Å²) in [5.41, 5.74) is 1.88. The number of hydrogen-bond donors (Lipinski definition) is 1. The van der Waals surface area contributed by atoms with E-state index in [0.29, 0.717) is 11.4 Å². The maximum atomic E-state index is 12.3. The van der Waals surface area contributed by atoms with Crippen molar-refractivity contribution in [3.8, 4) is 0 Å². The van der Waals surface area contributed by atoms with Crippen LogP contribution in [0.15, 0.2) is 57.1 Å². The Balaban J connectivity index is 2.28. The Morgan fingerprint density at radius 2 is 2.00 bits per heavy atom. The van der Waals surface area contributed by atoms with Crippen LogP contribution in [-0.2, 0) is 14.8 Å². The summed E-state index contributed by atoms with van der Waals surface area (Å²) in [5, 5.41) is 3.97. The zero-order valence-corrected chi connectivity index (χ0v) is 15.1. The van der Waals surface area contributed by atoms with Crippen molar-refractivity contribution in [1.82, 2.24) is 9.82 Å². The van der Waals surface area contributed by atoms with Gasteiger partial charge in [-0.15, -0.1) is 0 Å². The average molecular weight is 398 g/mol. The van der Waals surface area contributed by atoms with E-state index in [-0.39, 0.29) is 11.5 Å². The van der Waals surface area contributed by atoms with Crippen molar-refractivity contribution >= 4 is 31.7 Å². The van der Waals surface area contributed by atoms with Gasteiger partial charge in [0.15, 0.2) is 0 Å². The number of rotatable bonds is 6. The highest BCUT2D eigenvalue weighted by atomic mass is 79.9. The first-order valence-electron chi connectivity index (χ1n) is 6.68. The second-order valence-corrected chi connectivity index (χ2v) is 7.34. The number of halogens is 1. The van der Waals surface area contributed by atoms with Crippen molar-refractivity contribution in [1.29, 1.82) is 0 Å². The highest BCUT2D eigenvalue weighted by Gasteiger charge is 2.14. The van der Waals surface area contributed by atoms with Crippen LogP contribution in [0, 0.1) is 6.92 Å². The van der Waals surface area contributed by atoms with Crippen LogP contribution in [0.25, 0.3) is 0 Å². The third kappa shape index (κ3) is 4.85. The van der Waals surface area contributed by atoms with Gasteiger partial charge in [-0.2, -0.15) is 18.4 Å². The summed E-state index contributed by atoms with van der Waals surface area (Å²) < 4.78 is 30.4. The van der Waals surface area contributed by atoms with Crippen molar-refractivity contribution in [2.45, 2.75) is 11.8 Å². The minimum Gasteiger partial charge on any atom is -0.378 e. The second kappa shape index (κ2) is 7.67. The second-order valence-electron chi connectivity index (χ2n) is 4.76. The molecule has 8 heteroatoms. The van der Waals surface area contributed by atoms with Crippen LogP contribution in [0.4, 0.5) is 0 Å². The van der Waals surface area contributed by atoms with Gasteiger partial charge in [-0.05, 0) is 31.2 Å². The monoisotopic (exact) mass is 397 g/mol. The van der Waals surface area contributed by atoms with Gasteiger partial charge in [0.2, 0.25) is 0 Å². The van der Waals surface area contributed by atoms with Crippen molar-refractivity contribution in [3.05, 3.63) is 58.3 Å². The van der Waals surface area contributed by atoms with E-state index in [0.717, 1.165) is 10.0 Å². The van der Waals surface area contributed by atoms with E-state index in [1.54, 1.807) is 30.5 Å². The minimum atomic E-state index is -3.74. The maximum Gasteiger partial charge on any atom is 0.276 e. The number of aryl methyl sites for hydroxylation is 1. The molecular weight excluding hydrogens is 382 g/mol. The molecule has 0 fully saturated rings. The zero-order valence-electron chi connectivity index (χ0n) is 12.7. The Bertz CT molecular complexity index is 805. The number of pyridine rings is 1. The molecule has 6 nitrogen and oxygen atoms in total. The van der Waals surface area contributed by atoms with Gasteiger partial charge < -0.3 is 4.74 Å². The van der Waals surface area contributed by atoms with Gasteiger partial charge in [-0.25, -0.2) is 0 Å². The van der Waals surface area contributed by atoms with Crippen LogP contribution in [-0.4, -0.2) is 32.8 Å². The quantitative estimate of drug-likeness (QED) is 0.599. The summed E-state index contributed by atoms with van der Waals surface area (Å²) in [6.07, 6.45) is 1.60. The van der Waals surface area contributed by atoms with Crippen LogP contribution in [0.2, 0.25) is 0 Å². The molecule has 0 aliphatic rings. The fraction of sp³-hybridized carbons (Fsp3) is 0.200. The molecule has 0 radical (unpaired) electrons. The summed E-state index contributed by atoms with van der Waals surface area (Å²) in [7, 11) is -2.24. The van der Waals surface area contributed by atoms with Gasteiger partial charge in [0.05, 0.1) is 17.2 Å². The van der Waals surface area contributed by atoms with Crippen molar-refractivity contribution in [2.24, 2.45) is 5.10 Å². The molecule has 0 aliphatic heterocycles. The largest absolute Gasteiger partial charge is 0.378 e. The van der Waals surface area contributed by atoms with Crippen LogP contribution in [0.5, 0.6) is 0 Å². The summed E-state index contributed by atoms with van der Waals surface area (Å²) in [5.74, 6) is 0. The number of sulfonamides is 1. The predicted molar refractivity (Wildman–Crippen MR) is 91.9 cm³/mol. The molecule has 23 heavy (non-hydrogen) atoms. The minimum absolute atomic E-state index is 0.125. The van der Waals surface area contributed by atoms with Crippen molar-refractivity contribution in [3.63, 3.8) is 0 Å². The summed E-state index contributed by atoms with van der Waals surface area (Å²) in [4.78, 5) is 6.53. The van der Waals surface area contributed by atoms with Gasteiger partial charge >= 0.3 is 0 Å². The molecule has 0 aliphatic carbocycles. The van der Waals surface area contributed by atoms with Gasteiger partial charge in [-0.1, -0.05) is 33.6 Å². The van der Waals surface area contributed by atoms with Crippen LogP contribution < -0.4 is 4.83 Å². The van der Waals surface area contributed by atoms with Crippen LogP contribution in [0.3, 0.4) is 0 Å². The predicted octanol–water partition coefficient (Wildman–Crippen LogP) is 2.48. The van der Waals surface area contributed by atoms with Gasteiger partial charge in [0.25, 0.3) is 10.0 Å². The van der Waals surface area contributed by atoms with E-state index < -0.39 is 10.0 Å². The summed E-state index contributed by atoms with van der Waals surface area (Å²) >= 11 is 3.34. The van der Waals surface area contributed by atoms with Crippen molar-refractivity contribution < 1.29 is 13.2 Å². The Labute approximate surface area is 143 Å². The van der Waals surface area contributed by atoms with E-state index >= 15 is 0 Å². The molecule has 2 rings (SSSR count). The lowest BCUT2D eigenvalue weighted by Gasteiger charge is -2.08. The maximum absolute atomic E-state index is 12.3. The number of methoxy groups -OCH3 is 1. The lowest BCUT2D eigenvalue weighted by Crippen LogP contribution is -2.23. The molecular formula is C15H16BrN3O3S. The molecule has 0 bridgehead atoms. The Kier molecular flexibility index (Phi) is 5.86. The van der Waals surface area contributed by atoms with E-state index in [1.807, 2.05) is 6.92 Å². The van der Waals surface area contributed by atoms with E-state index in [2.05, 4.69) is 30.8 Å². The first-order valence-corrected chi connectivity index (χ1v) is 8.96. The number of nitrogens with one attached hydrogen (secondary N) is 1. The standard InChI is InChI=1S/C15H16BrN3O3S/c1-11-3-5-13(6-4-11)23(20,21)19-18-15(10-22-2)14-9-12(16)7-8-17-14/h3-9,19H,10H2,1-2H3/b18-15+. The van der Waals surface area contributed by atoms with Gasteiger partial charge in [-0.3, -0.25) is 4.98 Å². The fourth-order valence-corrected chi connectivity index (χ4v) is 2.91. The fourth-order valence-electron chi connectivity index (χ4n) is 1.75. The molecule has 1 heterocycles. The Morgan fingerprint density at radius 1 is 1.30 bits per heavy atom. The molecule has 0 saturated carbocycles. The highest BCUT2D eigenvalue weighted by molar-refractivity contribution is 9.10. The molecule has 0 spiro atoms. The lowest BCUT2D eigenvalue weighted by molar-refractivity contribution is 0.245. The number of aromatic nitrogens is 1. The third-order valence-electron chi connectivity index (χ3n) is 2.93. The molecule has 0 amide bonds. The molecule has 0 unspecified atom stereocenters. The number of hydrogen-bond acceptors (Lipinski definition) is 5. The number of hydrazone groups is 1. The van der Waals surface area contributed by atoms with Gasteiger partial charge in [0.1, 0.15) is 5.71 Å². The number of ether oxygens (including phenoxy) is 1. The molecule has 0 atom stereocenters. The molecule has 1 N–H and O–H groups in total. The third-order valence-corrected chi connectivity index (χ3v) is 4.65. The number of benzene rings is 1. The van der Waals surface area contributed by atoms with E-state index in [1.165, 1.54) is 19.2 Å². The summed E-state index contributed by atoms with van der Waals surface area (Å²) in [6.45, 7) is 2.01. The molecule has 0 saturated heterocycles. The Morgan fingerprint density at radius 3 is 2.61 bits per heavy atom. The average Bonchev–Trinajstić information content (AvgIpc) is 2.52. The zero-order chi connectivity index (χ0) is 16.9. The number of nitrogens with zero attached hydrogens (tertiary/aromatic N) is 2. The first-order chi connectivity index (χ1) is 10.9. The summed E-state index contributed by atoms with van der Waals surface area (Å²) in [6, 6.07) is 10.0. The van der Waals surface area contributed by atoms with E-state index in [9.17, 15) is 8.42 Å². The van der Waals surface area contributed by atoms with Crippen LogP contribution in [0.1, 0.15) is 11.3 Å². The lowest BCUT2D eigenvalue weighted by atomic mass is 10.2. The Hall–Kier alpha value is -1.77. The smallest absolute Gasteiger partial charge is 0.276 e. The molecule has 122 valence electrons. The molecule has 2 aromatic rings. The van der Waals surface area contributed by atoms with Gasteiger partial charge in [0, 0.05) is 17.8 Å². The first kappa shape index (κ1) is 17.6. The van der Waals surface area contributed by atoms with Crippen LogP contribution >= 0.6 is 15.9 Å². The molecule has 1 aromatic carbocycles. The SMILES string of the molecule is COC/C(=N\NS(=O)(=O)c1ccc(C)cc1)c1cc(Br)ccn1. The normalized spacial score (nSPS) is 12.2. The van der Waals surface area contributed by atoms with Crippen molar-refractivity contribution in [2.75, 3.05) is 13.7 Å². The van der Waals surface area contributed by atoms with E-state index in [4.69, 9.17) is 4.74 Å².